The van der Waals surface area contributed by atoms with Gasteiger partial charge in [-0.15, -0.1) is 0 Å². The summed E-state index contributed by atoms with van der Waals surface area (Å²) in [5.41, 5.74) is 9.48. The molecule has 1 aliphatic heterocycles. The van der Waals surface area contributed by atoms with Gasteiger partial charge < -0.3 is 5.73 Å². The third-order valence-electron chi connectivity index (χ3n) is 4.41. The number of nitrogens with zero attached hydrogens (tertiary/aromatic N) is 2. The SMILES string of the molecule is Cc1cccc(N2c3ccccc3CN(C(C)CCN)S2(O)O)c1. The lowest BCUT2D eigenvalue weighted by Gasteiger charge is -2.55. The highest BCUT2D eigenvalue weighted by Gasteiger charge is 2.40. The predicted octanol–water partition coefficient (Wildman–Crippen LogP) is 4.27. The molecule has 1 heterocycles. The Labute approximate surface area is 145 Å². The van der Waals surface area contributed by atoms with E-state index in [2.05, 4.69) is 0 Å². The maximum atomic E-state index is 11.1. The minimum Gasteiger partial charge on any atom is -0.330 e. The molecule has 5 nitrogen and oxygen atoms in total. The van der Waals surface area contributed by atoms with Gasteiger partial charge in [-0.3, -0.25) is 9.11 Å². The molecule has 2 aromatic carbocycles. The standard InChI is InChI=1S/C18H25N3O2S/c1-14-6-5-8-17(12-14)21-18-9-4-3-7-16(18)13-20(24(21,22)23)15(2)10-11-19/h3-9,12,15,22-23H,10-11,13,19H2,1-2H3. The van der Waals surface area contributed by atoms with Crippen LogP contribution in [0.3, 0.4) is 0 Å². The minimum absolute atomic E-state index is 0.0272. The van der Waals surface area contributed by atoms with Crippen LogP contribution in [0.2, 0.25) is 0 Å². The zero-order chi connectivity index (χ0) is 17.3. The number of fused-ring (bicyclic) bond motifs is 1. The van der Waals surface area contributed by atoms with Gasteiger partial charge in [0.15, 0.2) is 0 Å². The average molecular weight is 347 g/mol. The van der Waals surface area contributed by atoms with Gasteiger partial charge >= 0.3 is 0 Å². The van der Waals surface area contributed by atoms with Gasteiger partial charge in [-0.05, 0) is 67.1 Å². The smallest absolute Gasteiger partial charge is 0.0686 e. The summed E-state index contributed by atoms with van der Waals surface area (Å²) in [5.74, 6) is 0. The van der Waals surface area contributed by atoms with E-state index in [0.717, 1.165) is 22.5 Å². The number of anilines is 2. The second-order valence-corrected chi connectivity index (χ2v) is 8.07. The molecule has 0 spiro atoms. The van der Waals surface area contributed by atoms with Crippen LogP contribution in [0.15, 0.2) is 48.5 Å². The number of benzene rings is 2. The summed E-state index contributed by atoms with van der Waals surface area (Å²) in [5, 5.41) is 0. The number of nitrogens with two attached hydrogens (primary N) is 1. The molecule has 4 N–H and O–H groups in total. The molecule has 0 saturated heterocycles. The normalized spacial score (nSPS) is 19.6. The lowest BCUT2D eigenvalue weighted by molar-refractivity contribution is 0.274. The molecule has 3 rings (SSSR count). The van der Waals surface area contributed by atoms with Crippen molar-refractivity contribution >= 4 is 22.3 Å². The number of aryl methyl sites for hydroxylation is 1. The van der Waals surface area contributed by atoms with E-state index in [1.54, 1.807) is 8.61 Å². The topological polar surface area (TPSA) is 73.0 Å². The molecular formula is C18H25N3O2S. The molecule has 0 bridgehead atoms. The molecule has 0 saturated carbocycles. The van der Waals surface area contributed by atoms with Crippen LogP contribution in [-0.4, -0.2) is 26.0 Å². The van der Waals surface area contributed by atoms with Crippen LogP contribution in [0.4, 0.5) is 11.4 Å². The van der Waals surface area contributed by atoms with E-state index in [-0.39, 0.29) is 6.04 Å². The molecule has 6 heteroatoms. The molecular weight excluding hydrogens is 322 g/mol. The third kappa shape index (κ3) is 3.03. The van der Waals surface area contributed by atoms with Crippen LogP contribution in [0.25, 0.3) is 0 Å². The molecule has 0 amide bonds. The van der Waals surface area contributed by atoms with E-state index in [1.165, 1.54) is 0 Å². The van der Waals surface area contributed by atoms with Crippen LogP contribution >= 0.6 is 11.0 Å². The summed E-state index contributed by atoms with van der Waals surface area (Å²) >= 11 is 0. The fraction of sp³-hybridized carbons (Fsp3) is 0.333. The Bertz CT molecular complexity index is 723. The number of hydrogen-bond acceptors (Lipinski definition) is 5. The van der Waals surface area contributed by atoms with E-state index in [0.29, 0.717) is 19.5 Å². The Balaban J connectivity index is 2.13. The quantitative estimate of drug-likeness (QED) is 0.770. The lowest BCUT2D eigenvalue weighted by Crippen LogP contribution is -2.46. The highest BCUT2D eigenvalue weighted by Crippen LogP contribution is 2.59. The summed E-state index contributed by atoms with van der Waals surface area (Å²) in [4.78, 5) is 0. The predicted molar refractivity (Wildman–Crippen MR) is 101 cm³/mol. The second kappa shape index (κ2) is 6.74. The van der Waals surface area contributed by atoms with Crippen molar-refractivity contribution < 1.29 is 9.11 Å². The number of hydrogen-bond donors (Lipinski definition) is 3. The zero-order valence-electron chi connectivity index (χ0n) is 14.1. The average Bonchev–Trinajstić information content (AvgIpc) is 2.53. The van der Waals surface area contributed by atoms with Crippen molar-refractivity contribution in [2.24, 2.45) is 5.73 Å². The van der Waals surface area contributed by atoms with Crippen LogP contribution in [-0.2, 0) is 6.54 Å². The van der Waals surface area contributed by atoms with Gasteiger partial charge in [0, 0.05) is 12.6 Å². The van der Waals surface area contributed by atoms with E-state index in [4.69, 9.17) is 5.73 Å². The molecule has 0 aliphatic carbocycles. The first-order valence-electron chi connectivity index (χ1n) is 8.15. The molecule has 1 aliphatic rings. The first kappa shape index (κ1) is 17.3. The van der Waals surface area contributed by atoms with Gasteiger partial charge in [0.1, 0.15) is 0 Å². The molecule has 0 aromatic heterocycles. The Kier molecular flexibility index (Phi) is 4.85. The minimum atomic E-state index is -3.16. The first-order valence-corrected chi connectivity index (χ1v) is 9.61. The fourth-order valence-electron chi connectivity index (χ4n) is 3.15. The van der Waals surface area contributed by atoms with E-state index in [1.807, 2.05) is 62.4 Å². The van der Waals surface area contributed by atoms with Crippen LogP contribution < -0.4 is 10.0 Å². The van der Waals surface area contributed by atoms with Crippen molar-refractivity contribution in [3.05, 3.63) is 59.7 Å². The van der Waals surface area contributed by atoms with Crippen molar-refractivity contribution in [2.75, 3.05) is 10.8 Å². The van der Waals surface area contributed by atoms with E-state index >= 15 is 0 Å². The molecule has 0 radical (unpaired) electrons. The molecule has 2 aromatic rings. The fourth-order valence-corrected chi connectivity index (χ4v) is 5.10. The van der Waals surface area contributed by atoms with Crippen molar-refractivity contribution in [3.63, 3.8) is 0 Å². The second-order valence-electron chi connectivity index (χ2n) is 6.25. The van der Waals surface area contributed by atoms with Gasteiger partial charge in [0.25, 0.3) is 0 Å². The molecule has 1 atom stereocenters. The highest BCUT2D eigenvalue weighted by atomic mass is 32.3. The van der Waals surface area contributed by atoms with Gasteiger partial charge in [-0.2, -0.15) is 4.31 Å². The van der Waals surface area contributed by atoms with Crippen molar-refractivity contribution in [1.82, 2.24) is 4.31 Å². The van der Waals surface area contributed by atoms with Crippen LogP contribution in [0.5, 0.6) is 0 Å². The third-order valence-corrected chi connectivity index (χ3v) is 6.42. The van der Waals surface area contributed by atoms with Crippen LogP contribution in [0.1, 0.15) is 24.5 Å². The van der Waals surface area contributed by atoms with Crippen molar-refractivity contribution in [1.29, 1.82) is 0 Å². The van der Waals surface area contributed by atoms with Gasteiger partial charge in [0.05, 0.1) is 11.4 Å². The molecule has 1 unspecified atom stereocenters. The first-order chi connectivity index (χ1) is 11.4. The van der Waals surface area contributed by atoms with Crippen molar-refractivity contribution in [2.45, 2.75) is 32.9 Å². The Morgan fingerprint density at radius 2 is 1.92 bits per heavy atom. The molecule has 0 fully saturated rings. The molecule has 130 valence electrons. The van der Waals surface area contributed by atoms with E-state index in [9.17, 15) is 9.11 Å². The van der Waals surface area contributed by atoms with Gasteiger partial charge in [-0.25, -0.2) is 4.31 Å². The number of para-hydroxylation sites is 1. The highest BCUT2D eigenvalue weighted by molar-refractivity contribution is 8.23. The van der Waals surface area contributed by atoms with Gasteiger partial charge in [-0.1, -0.05) is 30.3 Å². The lowest BCUT2D eigenvalue weighted by atomic mass is 10.1. The maximum Gasteiger partial charge on any atom is 0.0686 e. The summed E-state index contributed by atoms with van der Waals surface area (Å²) < 4.78 is 25.7. The Morgan fingerprint density at radius 3 is 2.62 bits per heavy atom. The largest absolute Gasteiger partial charge is 0.330 e. The summed E-state index contributed by atoms with van der Waals surface area (Å²) in [6.07, 6.45) is 0.708. The van der Waals surface area contributed by atoms with Gasteiger partial charge in [0.2, 0.25) is 0 Å². The maximum absolute atomic E-state index is 11.1. The zero-order valence-corrected chi connectivity index (χ0v) is 14.9. The number of rotatable bonds is 4. The summed E-state index contributed by atoms with van der Waals surface area (Å²) in [6.45, 7) is 5.00. The van der Waals surface area contributed by atoms with E-state index < -0.39 is 11.0 Å². The Morgan fingerprint density at radius 1 is 1.17 bits per heavy atom. The summed E-state index contributed by atoms with van der Waals surface area (Å²) in [7, 11) is -3.16. The Hall–Kier alpha value is -1.57. The van der Waals surface area contributed by atoms with Crippen LogP contribution in [0, 0.1) is 6.92 Å². The van der Waals surface area contributed by atoms with Crippen molar-refractivity contribution in [3.8, 4) is 0 Å². The monoisotopic (exact) mass is 347 g/mol. The summed E-state index contributed by atoms with van der Waals surface area (Å²) in [6, 6.07) is 15.7. The molecule has 24 heavy (non-hydrogen) atoms.